The molecule has 3 fully saturated rings. The van der Waals surface area contributed by atoms with E-state index in [-0.39, 0.29) is 22.9 Å². The summed E-state index contributed by atoms with van der Waals surface area (Å²) in [6, 6.07) is 0. The molecule has 26 heavy (non-hydrogen) atoms. The van der Waals surface area contributed by atoms with Crippen molar-refractivity contribution >= 4 is 11.8 Å². The molecule has 4 unspecified atom stereocenters. The fourth-order valence-corrected chi connectivity index (χ4v) is 7.23. The average molecular weight is 357 g/mol. The van der Waals surface area contributed by atoms with Crippen LogP contribution in [0.1, 0.15) is 72.6 Å². The van der Waals surface area contributed by atoms with Gasteiger partial charge in [0.1, 0.15) is 6.10 Å². The minimum absolute atomic E-state index is 0.0380. The molecule has 4 rings (SSSR count). The van der Waals surface area contributed by atoms with Crippen LogP contribution in [0, 0.1) is 28.6 Å². The van der Waals surface area contributed by atoms with Crippen LogP contribution in [0.2, 0.25) is 0 Å². The maximum absolute atomic E-state index is 11.9. The molecule has 3 saturated carbocycles. The maximum atomic E-state index is 11.9. The van der Waals surface area contributed by atoms with E-state index in [9.17, 15) is 9.59 Å². The molecular formula is C23H32O3. The van der Waals surface area contributed by atoms with Crippen LogP contribution in [0.25, 0.3) is 0 Å². The van der Waals surface area contributed by atoms with E-state index in [1.165, 1.54) is 37.3 Å². The second-order valence-electron chi connectivity index (χ2n) is 9.50. The Hall–Kier alpha value is -1.38. The van der Waals surface area contributed by atoms with Crippen molar-refractivity contribution in [2.24, 2.45) is 28.6 Å². The van der Waals surface area contributed by atoms with Crippen LogP contribution in [-0.2, 0) is 14.3 Å². The topological polar surface area (TPSA) is 43.4 Å². The normalized spacial score (nSPS) is 46.2. The lowest BCUT2D eigenvalue weighted by atomic mass is 9.47. The van der Waals surface area contributed by atoms with Gasteiger partial charge in [0.05, 0.1) is 0 Å². The summed E-state index contributed by atoms with van der Waals surface area (Å²) in [7, 11) is 0. The first kappa shape index (κ1) is 18.0. The van der Waals surface area contributed by atoms with E-state index in [1.807, 2.05) is 6.08 Å². The van der Waals surface area contributed by atoms with E-state index >= 15 is 0 Å². The molecule has 0 aromatic rings. The van der Waals surface area contributed by atoms with Crippen LogP contribution in [0.4, 0.5) is 0 Å². The fourth-order valence-electron chi connectivity index (χ4n) is 7.23. The van der Waals surface area contributed by atoms with Crippen molar-refractivity contribution in [2.45, 2.75) is 78.7 Å². The highest BCUT2D eigenvalue weighted by molar-refractivity contribution is 5.91. The Morgan fingerprint density at radius 3 is 2.62 bits per heavy atom. The molecule has 6 atom stereocenters. The van der Waals surface area contributed by atoms with Gasteiger partial charge in [-0.05, 0) is 85.7 Å². The molecule has 0 heterocycles. The zero-order chi connectivity index (χ0) is 18.7. The standard InChI is InChI=1S/C23H32O3/c1-5-18-21(26-14(2)24)13-20-17-7-6-15-12-16(25)8-10-22(15,3)19(17)9-11-23(18,20)4/h5,12,17,19-21H,6-11,13H2,1-4H3/t17?,19?,20?,21?,22-,23+/m0/s1. The third-order valence-electron chi connectivity index (χ3n) is 8.45. The summed E-state index contributed by atoms with van der Waals surface area (Å²) in [5.74, 6) is 2.10. The summed E-state index contributed by atoms with van der Waals surface area (Å²) < 4.78 is 5.73. The SMILES string of the molecule is CC=C1C(OC(C)=O)CC2C3CCC4=CC(=O)CC[C@]4(C)C3CC[C@]12C. The third kappa shape index (κ3) is 2.46. The zero-order valence-electron chi connectivity index (χ0n) is 16.6. The van der Waals surface area contributed by atoms with Gasteiger partial charge in [0.15, 0.2) is 5.78 Å². The molecule has 0 amide bonds. The molecule has 3 nitrogen and oxygen atoms in total. The number of esters is 1. The highest BCUT2D eigenvalue weighted by Crippen LogP contribution is 2.66. The molecule has 0 aliphatic heterocycles. The van der Waals surface area contributed by atoms with Gasteiger partial charge in [0, 0.05) is 13.3 Å². The van der Waals surface area contributed by atoms with Crippen LogP contribution in [0.15, 0.2) is 23.3 Å². The maximum Gasteiger partial charge on any atom is 0.303 e. The van der Waals surface area contributed by atoms with Gasteiger partial charge >= 0.3 is 5.97 Å². The van der Waals surface area contributed by atoms with Gasteiger partial charge in [-0.1, -0.05) is 25.5 Å². The summed E-state index contributed by atoms with van der Waals surface area (Å²) in [5.41, 5.74) is 3.13. The van der Waals surface area contributed by atoms with Crippen LogP contribution >= 0.6 is 0 Å². The lowest BCUT2D eigenvalue weighted by Crippen LogP contribution is -2.49. The number of carbonyl (C=O) groups excluding carboxylic acids is 2. The minimum atomic E-state index is -0.167. The van der Waals surface area contributed by atoms with E-state index in [0.717, 1.165) is 19.3 Å². The van der Waals surface area contributed by atoms with Crippen molar-refractivity contribution < 1.29 is 14.3 Å². The Bertz CT molecular complexity index is 702. The molecule has 142 valence electrons. The van der Waals surface area contributed by atoms with Gasteiger partial charge in [0.25, 0.3) is 0 Å². The van der Waals surface area contributed by atoms with Crippen LogP contribution in [0.3, 0.4) is 0 Å². The number of carbonyl (C=O) groups is 2. The molecule has 0 radical (unpaired) electrons. The van der Waals surface area contributed by atoms with Crippen LogP contribution in [-0.4, -0.2) is 17.9 Å². The minimum Gasteiger partial charge on any atom is -0.458 e. The molecule has 0 N–H and O–H groups in total. The number of hydrogen-bond acceptors (Lipinski definition) is 3. The summed E-state index contributed by atoms with van der Waals surface area (Å²) in [6.45, 7) is 8.45. The molecule has 0 aromatic heterocycles. The lowest BCUT2D eigenvalue weighted by molar-refractivity contribution is -0.144. The van der Waals surface area contributed by atoms with Gasteiger partial charge in [0.2, 0.25) is 0 Å². The lowest BCUT2D eigenvalue weighted by Gasteiger charge is -2.57. The summed E-state index contributed by atoms with van der Waals surface area (Å²) in [6.07, 6.45) is 11.5. The second kappa shape index (κ2) is 6.07. The first-order valence-corrected chi connectivity index (χ1v) is 10.4. The molecule has 4 aliphatic rings. The second-order valence-corrected chi connectivity index (χ2v) is 9.50. The Kier molecular flexibility index (Phi) is 4.20. The Labute approximate surface area is 157 Å². The summed E-state index contributed by atoms with van der Waals surface area (Å²) in [5, 5.41) is 0. The number of ketones is 1. The molecule has 4 aliphatic carbocycles. The Balaban J connectivity index is 1.67. The first-order valence-electron chi connectivity index (χ1n) is 10.4. The Morgan fingerprint density at radius 1 is 1.15 bits per heavy atom. The first-order chi connectivity index (χ1) is 12.3. The predicted octanol–water partition coefficient (Wildman–Crippen LogP) is 5.01. The number of hydrogen-bond donors (Lipinski definition) is 0. The van der Waals surface area contributed by atoms with E-state index in [4.69, 9.17) is 4.74 Å². The van der Waals surface area contributed by atoms with E-state index in [1.54, 1.807) is 0 Å². The molecule has 0 aromatic carbocycles. The Morgan fingerprint density at radius 2 is 1.92 bits per heavy atom. The molecule has 0 spiro atoms. The summed E-state index contributed by atoms with van der Waals surface area (Å²) in [4.78, 5) is 23.6. The number of allylic oxidation sites excluding steroid dienone is 2. The quantitative estimate of drug-likeness (QED) is 0.490. The van der Waals surface area contributed by atoms with Crippen molar-refractivity contribution in [3.63, 3.8) is 0 Å². The van der Waals surface area contributed by atoms with Gasteiger partial charge < -0.3 is 4.74 Å². The highest BCUT2D eigenvalue weighted by Gasteiger charge is 2.60. The third-order valence-corrected chi connectivity index (χ3v) is 8.45. The number of fused-ring (bicyclic) bond motifs is 5. The molecular weight excluding hydrogens is 324 g/mol. The monoisotopic (exact) mass is 356 g/mol. The molecule has 3 heteroatoms. The smallest absolute Gasteiger partial charge is 0.303 e. The van der Waals surface area contributed by atoms with Crippen molar-refractivity contribution in [1.82, 2.24) is 0 Å². The molecule has 0 saturated heterocycles. The van der Waals surface area contributed by atoms with Crippen molar-refractivity contribution in [1.29, 1.82) is 0 Å². The predicted molar refractivity (Wildman–Crippen MR) is 101 cm³/mol. The van der Waals surface area contributed by atoms with Crippen molar-refractivity contribution in [2.75, 3.05) is 0 Å². The van der Waals surface area contributed by atoms with Crippen molar-refractivity contribution in [3.8, 4) is 0 Å². The van der Waals surface area contributed by atoms with Crippen LogP contribution in [0.5, 0.6) is 0 Å². The number of ether oxygens (including phenoxy) is 1. The van der Waals surface area contributed by atoms with Gasteiger partial charge in [-0.3, -0.25) is 9.59 Å². The van der Waals surface area contributed by atoms with E-state index in [2.05, 4.69) is 26.8 Å². The van der Waals surface area contributed by atoms with Gasteiger partial charge in [-0.25, -0.2) is 0 Å². The van der Waals surface area contributed by atoms with Crippen molar-refractivity contribution in [3.05, 3.63) is 23.3 Å². The largest absolute Gasteiger partial charge is 0.458 e. The van der Waals surface area contributed by atoms with Gasteiger partial charge in [-0.15, -0.1) is 0 Å². The van der Waals surface area contributed by atoms with E-state index < -0.39 is 0 Å². The van der Waals surface area contributed by atoms with E-state index in [0.29, 0.717) is 30.0 Å². The molecule has 0 bridgehead atoms. The van der Waals surface area contributed by atoms with Gasteiger partial charge in [-0.2, -0.15) is 0 Å². The summed E-state index contributed by atoms with van der Waals surface area (Å²) >= 11 is 0. The zero-order valence-corrected chi connectivity index (χ0v) is 16.6. The highest BCUT2D eigenvalue weighted by atomic mass is 16.5. The average Bonchev–Trinajstić information content (AvgIpc) is 2.86. The number of rotatable bonds is 1. The van der Waals surface area contributed by atoms with Crippen LogP contribution < -0.4 is 0 Å². The fraction of sp³-hybridized carbons (Fsp3) is 0.739.